The van der Waals surface area contributed by atoms with E-state index in [0.717, 1.165) is 10.9 Å². The summed E-state index contributed by atoms with van der Waals surface area (Å²) in [5.41, 5.74) is 30.0. The molecule has 0 saturated carbocycles. The number of carbonyl (C=O) groups is 9. The lowest BCUT2D eigenvalue weighted by Crippen LogP contribution is -2.60. The van der Waals surface area contributed by atoms with Crippen molar-refractivity contribution in [1.82, 2.24) is 42.2 Å². The average molecular weight is 1050 g/mol. The van der Waals surface area contributed by atoms with Crippen LogP contribution in [0, 0.1) is 11.8 Å². The van der Waals surface area contributed by atoms with Crippen molar-refractivity contribution in [3.05, 3.63) is 65.9 Å². The van der Waals surface area contributed by atoms with Gasteiger partial charge in [0.15, 0.2) is 5.96 Å². The van der Waals surface area contributed by atoms with E-state index in [9.17, 15) is 53.4 Å². The maximum Gasteiger partial charge on any atom is 0.326 e. The summed E-state index contributed by atoms with van der Waals surface area (Å²) >= 11 is 0. The number of carboxylic acids is 1. The predicted octanol–water partition coefficient (Wildman–Crippen LogP) is -1.75. The fourth-order valence-corrected chi connectivity index (χ4v) is 7.85. The molecule has 25 nitrogen and oxygen atoms in total. The molecule has 2 aromatic carbocycles. The number of aromatic amines is 1. The molecule has 0 spiro atoms. The molecule has 0 bridgehead atoms. The minimum atomic E-state index is -1.76. The number of para-hydroxylation sites is 1. The second kappa shape index (κ2) is 31.1. The predicted molar refractivity (Wildman–Crippen MR) is 280 cm³/mol. The number of nitrogens with two attached hydrogens (primary N) is 5. The van der Waals surface area contributed by atoms with Gasteiger partial charge in [-0.25, -0.2) is 4.79 Å². The third kappa shape index (κ3) is 21.3. The van der Waals surface area contributed by atoms with Crippen molar-refractivity contribution in [2.24, 2.45) is 45.5 Å². The molecule has 3 rings (SSSR count). The molecule has 0 unspecified atom stereocenters. The van der Waals surface area contributed by atoms with Crippen molar-refractivity contribution < 1.29 is 53.4 Å². The van der Waals surface area contributed by atoms with Crippen molar-refractivity contribution in [3.63, 3.8) is 0 Å². The van der Waals surface area contributed by atoms with E-state index in [1.807, 2.05) is 27.7 Å². The van der Waals surface area contributed by atoms with Crippen molar-refractivity contribution in [3.8, 4) is 5.75 Å². The lowest BCUT2D eigenvalue weighted by molar-refractivity contribution is -0.142. The number of phenolic OH excluding ortho intramolecular Hbond substituents is 1. The summed E-state index contributed by atoms with van der Waals surface area (Å²) in [4.78, 5) is 128. The van der Waals surface area contributed by atoms with Crippen LogP contribution in [0.3, 0.4) is 0 Å². The first-order valence-corrected chi connectivity index (χ1v) is 25.0. The zero-order valence-corrected chi connectivity index (χ0v) is 43.0. The van der Waals surface area contributed by atoms with Crippen LogP contribution in [0.15, 0.2) is 59.7 Å². The van der Waals surface area contributed by atoms with Gasteiger partial charge in [0.2, 0.25) is 47.3 Å². The standard InChI is InChI=1S/C50H76N14O11/c1-5-28(4)42(53)48(73)64-36(21-27(2)3)43(68)58-26-41(67)59-38(23-30-25-57-33-12-7-6-11-32(30)33)46(71)60-34(14-10-20-56-50(54)55)44(69)63-39(24-40(52)66)47(72)62-37(22-29-15-17-31(65)18-16-29)45(70)61-35(49(74)75)13-8-9-19-51/h6-7,11-12,15-18,25,27-28,34-39,42,57,65H,5,8-10,13-14,19-24,26,51,53H2,1-4H3,(H2,52,66)(H,58,68)(H,59,67)(H,60,71)(H,61,70)(H,62,72)(H,63,69)(H,64,73)(H,74,75)(H4,54,55,56)/t28-,34+,35+,36+,37+,38+,39+,42+/m0/s1. The van der Waals surface area contributed by atoms with Crippen LogP contribution in [0.25, 0.3) is 10.9 Å². The number of rotatable bonds is 33. The van der Waals surface area contributed by atoms with E-state index in [4.69, 9.17) is 28.7 Å². The van der Waals surface area contributed by atoms with Crippen LogP contribution in [0.4, 0.5) is 0 Å². The molecule has 3 aromatic rings. The number of fused-ring (bicyclic) bond motifs is 1. The van der Waals surface area contributed by atoms with Crippen molar-refractivity contribution in [1.29, 1.82) is 0 Å². The molecule has 0 saturated heterocycles. The zero-order valence-electron chi connectivity index (χ0n) is 43.0. The molecule has 0 aliphatic carbocycles. The van der Waals surface area contributed by atoms with Gasteiger partial charge in [0, 0.05) is 36.5 Å². The van der Waals surface area contributed by atoms with Gasteiger partial charge in [-0.05, 0) is 86.2 Å². The fraction of sp³-hybridized carbons (Fsp3) is 0.520. The number of unbranched alkanes of at least 4 members (excludes halogenated alkanes) is 1. The number of amides is 8. The number of benzene rings is 2. The third-order valence-electron chi connectivity index (χ3n) is 12.3. The van der Waals surface area contributed by atoms with Crippen LogP contribution < -0.4 is 65.9 Å². The van der Waals surface area contributed by atoms with E-state index in [2.05, 4.69) is 47.2 Å². The highest BCUT2D eigenvalue weighted by atomic mass is 16.4. The number of aliphatic carboxylic acids is 1. The highest BCUT2D eigenvalue weighted by molar-refractivity contribution is 5.98. The number of carboxylic acid groups (broad SMARTS) is 1. The van der Waals surface area contributed by atoms with Crippen LogP contribution in [-0.2, 0) is 56.0 Å². The Balaban J connectivity index is 1.95. The van der Waals surface area contributed by atoms with Crippen LogP contribution in [0.2, 0.25) is 0 Å². The molecule has 0 aliphatic heterocycles. The number of aromatic nitrogens is 1. The number of aliphatic imine (C=N–C) groups is 1. The summed E-state index contributed by atoms with van der Waals surface area (Å²) < 4.78 is 0. The number of hydrogen-bond acceptors (Lipinski definition) is 13. The largest absolute Gasteiger partial charge is 0.508 e. The fourth-order valence-electron chi connectivity index (χ4n) is 7.85. The van der Waals surface area contributed by atoms with Gasteiger partial charge < -0.3 is 81.1 Å². The van der Waals surface area contributed by atoms with E-state index in [1.165, 1.54) is 24.3 Å². The number of hydrogen-bond donors (Lipinski definition) is 15. The Morgan fingerprint density at radius 1 is 0.667 bits per heavy atom. The molecule has 412 valence electrons. The van der Waals surface area contributed by atoms with E-state index in [-0.39, 0.29) is 75.2 Å². The van der Waals surface area contributed by atoms with Crippen LogP contribution >= 0.6 is 0 Å². The maximum atomic E-state index is 14.5. The molecular formula is C50H76N14O11. The first-order valence-electron chi connectivity index (χ1n) is 25.0. The first-order chi connectivity index (χ1) is 35.5. The molecule has 0 aliphatic rings. The number of guanidine groups is 1. The Hall–Kier alpha value is -7.80. The molecule has 20 N–H and O–H groups in total. The number of phenols is 1. The van der Waals surface area contributed by atoms with Crippen molar-refractivity contribution in [2.45, 2.75) is 134 Å². The van der Waals surface area contributed by atoms with Crippen LogP contribution in [0.5, 0.6) is 5.75 Å². The second-order valence-corrected chi connectivity index (χ2v) is 18.9. The monoisotopic (exact) mass is 1050 g/mol. The number of primary amides is 1. The van der Waals surface area contributed by atoms with Gasteiger partial charge in [0.25, 0.3) is 0 Å². The summed E-state index contributed by atoms with van der Waals surface area (Å²) in [5, 5.41) is 38.3. The zero-order chi connectivity index (χ0) is 55.8. The summed E-state index contributed by atoms with van der Waals surface area (Å²) in [6.45, 7) is 7.06. The Labute approximate surface area is 435 Å². The van der Waals surface area contributed by atoms with Gasteiger partial charge in [0.05, 0.1) is 19.0 Å². The molecule has 1 aromatic heterocycles. The van der Waals surface area contributed by atoms with Gasteiger partial charge in [-0.1, -0.05) is 64.4 Å². The minimum Gasteiger partial charge on any atom is -0.508 e. The summed E-state index contributed by atoms with van der Waals surface area (Å²) in [5.74, 6) is -8.83. The molecule has 75 heavy (non-hydrogen) atoms. The number of carbonyl (C=O) groups excluding carboxylic acids is 8. The smallest absolute Gasteiger partial charge is 0.326 e. The highest BCUT2D eigenvalue weighted by Crippen LogP contribution is 2.20. The van der Waals surface area contributed by atoms with Crippen LogP contribution in [0.1, 0.15) is 90.2 Å². The van der Waals surface area contributed by atoms with E-state index < -0.39 is 108 Å². The quantitative estimate of drug-likeness (QED) is 0.0183. The number of H-pyrrole nitrogens is 1. The molecule has 0 fully saturated rings. The molecule has 8 amide bonds. The lowest BCUT2D eigenvalue weighted by atomic mass is 9.97. The van der Waals surface area contributed by atoms with Crippen molar-refractivity contribution >= 4 is 70.1 Å². The maximum absolute atomic E-state index is 14.5. The van der Waals surface area contributed by atoms with Gasteiger partial charge in [-0.15, -0.1) is 0 Å². The Morgan fingerprint density at radius 2 is 1.24 bits per heavy atom. The van der Waals surface area contributed by atoms with Crippen LogP contribution in [-0.4, -0.2) is 136 Å². The van der Waals surface area contributed by atoms with Crippen molar-refractivity contribution in [2.75, 3.05) is 19.6 Å². The normalized spacial score (nSPS) is 14.3. The van der Waals surface area contributed by atoms with Gasteiger partial charge in [-0.2, -0.15) is 0 Å². The second-order valence-electron chi connectivity index (χ2n) is 18.9. The first kappa shape index (κ1) is 61.5. The van der Waals surface area contributed by atoms with Gasteiger partial charge >= 0.3 is 5.97 Å². The molecule has 0 radical (unpaired) electrons. The Bertz CT molecular complexity index is 2440. The average Bonchev–Trinajstić information content (AvgIpc) is 3.77. The Morgan fingerprint density at radius 3 is 1.85 bits per heavy atom. The molecule has 8 atom stereocenters. The summed E-state index contributed by atoms with van der Waals surface area (Å²) in [6, 6.07) is 3.36. The van der Waals surface area contributed by atoms with Gasteiger partial charge in [0.1, 0.15) is 42.0 Å². The SMILES string of the molecule is CC[C@H](C)[C@@H](N)C(=O)N[C@H](CC(C)C)C(=O)NCC(=O)N[C@H](Cc1c[nH]c2ccccc12)C(=O)N[C@H](CCCN=C(N)N)C(=O)N[C@H](CC(N)=O)C(=O)N[C@H](Cc1ccc(O)cc1)C(=O)N[C@H](CCCCN)C(=O)O. The lowest BCUT2D eigenvalue weighted by Gasteiger charge is -2.27. The topological polar surface area (TPSA) is 437 Å². The number of nitrogens with zero attached hydrogens (tertiary/aromatic N) is 1. The molecule has 1 heterocycles. The molecule has 25 heteroatoms. The van der Waals surface area contributed by atoms with E-state index in [1.54, 1.807) is 30.5 Å². The summed E-state index contributed by atoms with van der Waals surface area (Å²) in [7, 11) is 0. The minimum absolute atomic E-state index is 0.0121. The Kier molecular flexibility index (Phi) is 25.5. The third-order valence-corrected chi connectivity index (χ3v) is 12.3. The van der Waals surface area contributed by atoms with Gasteiger partial charge in [-0.3, -0.25) is 43.3 Å². The molecular weight excluding hydrogens is 973 g/mol. The summed E-state index contributed by atoms with van der Waals surface area (Å²) in [6.07, 6.45) is 2.11. The highest BCUT2D eigenvalue weighted by Gasteiger charge is 2.34. The number of aromatic hydroxyl groups is 1. The van der Waals surface area contributed by atoms with E-state index >= 15 is 0 Å². The number of nitrogens with one attached hydrogen (secondary N) is 8. The van der Waals surface area contributed by atoms with E-state index in [0.29, 0.717) is 30.4 Å².